The van der Waals surface area contributed by atoms with Crippen LogP contribution in [0.2, 0.25) is 0 Å². The normalized spacial score (nSPS) is 12.3. The SMILES string of the molecule is O=C(COc1ccccc1)NCC(c1cccs1)S(=O)(=O)c1ccc(F)cc1. The minimum atomic E-state index is -3.82. The van der Waals surface area contributed by atoms with Gasteiger partial charge in [-0.05, 0) is 47.8 Å². The molecule has 1 heterocycles. The summed E-state index contributed by atoms with van der Waals surface area (Å²) in [4.78, 5) is 12.7. The van der Waals surface area contributed by atoms with E-state index < -0.39 is 26.8 Å². The summed E-state index contributed by atoms with van der Waals surface area (Å²) in [5, 5.41) is 3.41. The second-order valence-electron chi connectivity index (χ2n) is 5.91. The highest BCUT2D eigenvalue weighted by atomic mass is 32.2. The second-order valence-corrected chi connectivity index (χ2v) is 9.02. The van der Waals surface area contributed by atoms with E-state index >= 15 is 0 Å². The molecule has 146 valence electrons. The van der Waals surface area contributed by atoms with Gasteiger partial charge in [-0.1, -0.05) is 24.3 Å². The van der Waals surface area contributed by atoms with E-state index in [9.17, 15) is 17.6 Å². The van der Waals surface area contributed by atoms with E-state index in [1.54, 1.807) is 41.8 Å². The molecule has 0 aliphatic carbocycles. The van der Waals surface area contributed by atoms with Gasteiger partial charge in [0.25, 0.3) is 5.91 Å². The van der Waals surface area contributed by atoms with Gasteiger partial charge in [-0.3, -0.25) is 4.79 Å². The number of para-hydroxylation sites is 1. The van der Waals surface area contributed by atoms with Gasteiger partial charge in [-0.2, -0.15) is 0 Å². The number of amides is 1. The Morgan fingerprint density at radius 1 is 1.04 bits per heavy atom. The molecule has 0 saturated heterocycles. The van der Waals surface area contributed by atoms with Crippen LogP contribution in [-0.2, 0) is 14.6 Å². The zero-order valence-electron chi connectivity index (χ0n) is 14.7. The highest BCUT2D eigenvalue weighted by Gasteiger charge is 2.30. The molecule has 1 aromatic heterocycles. The summed E-state index contributed by atoms with van der Waals surface area (Å²) in [6, 6.07) is 17.0. The van der Waals surface area contributed by atoms with Gasteiger partial charge in [0.05, 0.1) is 4.90 Å². The Morgan fingerprint density at radius 2 is 1.75 bits per heavy atom. The Kier molecular flexibility index (Phi) is 6.43. The fourth-order valence-electron chi connectivity index (χ4n) is 2.55. The number of carbonyl (C=O) groups is 1. The van der Waals surface area contributed by atoms with Crippen LogP contribution in [0.1, 0.15) is 10.1 Å². The van der Waals surface area contributed by atoms with Crippen LogP contribution in [0, 0.1) is 5.82 Å². The first kappa shape index (κ1) is 20.0. The van der Waals surface area contributed by atoms with E-state index in [-0.39, 0.29) is 18.0 Å². The van der Waals surface area contributed by atoms with E-state index in [1.807, 2.05) is 6.07 Å². The molecule has 1 atom stereocenters. The molecule has 2 aromatic carbocycles. The summed E-state index contributed by atoms with van der Waals surface area (Å²) < 4.78 is 44.6. The number of rotatable bonds is 8. The summed E-state index contributed by atoms with van der Waals surface area (Å²) in [5.41, 5.74) is 0. The zero-order chi connectivity index (χ0) is 20.0. The van der Waals surface area contributed by atoms with E-state index in [1.165, 1.54) is 23.5 Å². The molecule has 3 rings (SSSR count). The maximum absolute atomic E-state index is 13.2. The molecule has 1 amide bonds. The van der Waals surface area contributed by atoms with Gasteiger partial charge in [-0.15, -0.1) is 11.3 Å². The van der Waals surface area contributed by atoms with E-state index in [4.69, 9.17) is 4.74 Å². The largest absolute Gasteiger partial charge is 0.484 e. The minimum absolute atomic E-state index is 0.00193. The number of halogens is 1. The molecule has 28 heavy (non-hydrogen) atoms. The number of hydrogen-bond acceptors (Lipinski definition) is 5. The van der Waals surface area contributed by atoms with E-state index in [0.717, 1.165) is 12.1 Å². The van der Waals surface area contributed by atoms with Crippen LogP contribution in [0.25, 0.3) is 0 Å². The molecule has 1 N–H and O–H groups in total. The first-order valence-electron chi connectivity index (χ1n) is 8.44. The van der Waals surface area contributed by atoms with Crippen LogP contribution in [0.15, 0.2) is 77.0 Å². The number of ether oxygens (including phenoxy) is 1. The van der Waals surface area contributed by atoms with Gasteiger partial charge in [0.1, 0.15) is 16.8 Å². The third-order valence-corrected chi connectivity index (χ3v) is 7.21. The van der Waals surface area contributed by atoms with Gasteiger partial charge in [0, 0.05) is 11.4 Å². The van der Waals surface area contributed by atoms with Crippen LogP contribution in [0.4, 0.5) is 4.39 Å². The lowest BCUT2D eigenvalue weighted by Gasteiger charge is -2.17. The first-order valence-corrected chi connectivity index (χ1v) is 10.9. The predicted molar refractivity (Wildman–Crippen MR) is 106 cm³/mol. The van der Waals surface area contributed by atoms with Crippen molar-refractivity contribution in [3.63, 3.8) is 0 Å². The fourth-order valence-corrected chi connectivity index (χ4v) is 5.33. The molecule has 0 aliphatic heterocycles. The van der Waals surface area contributed by atoms with Crippen LogP contribution in [0.3, 0.4) is 0 Å². The van der Waals surface area contributed by atoms with Crippen molar-refractivity contribution in [1.82, 2.24) is 5.32 Å². The molecular formula is C20H18FNO4S2. The molecule has 3 aromatic rings. The molecule has 0 radical (unpaired) electrons. The highest BCUT2D eigenvalue weighted by molar-refractivity contribution is 7.91. The Balaban J connectivity index is 1.71. The number of benzene rings is 2. The molecule has 8 heteroatoms. The molecule has 5 nitrogen and oxygen atoms in total. The zero-order valence-corrected chi connectivity index (χ0v) is 16.4. The minimum Gasteiger partial charge on any atom is -0.484 e. The number of carbonyl (C=O) groups excluding carboxylic acids is 1. The van der Waals surface area contributed by atoms with Crippen LogP contribution in [0.5, 0.6) is 5.75 Å². The van der Waals surface area contributed by atoms with Crippen LogP contribution in [-0.4, -0.2) is 27.5 Å². The summed E-state index contributed by atoms with van der Waals surface area (Å²) >= 11 is 1.28. The molecule has 0 aliphatic rings. The first-order chi connectivity index (χ1) is 13.5. The highest BCUT2D eigenvalue weighted by Crippen LogP contribution is 2.31. The number of hydrogen-bond donors (Lipinski definition) is 1. The van der Waals surface area contributed by atoms with Crippen molar-refractivity contribution in [3.05, 3.63) is 82.8 Å². The van der Waals surface area contributed by atoms with Crippen molar-refractivity contribution < 1.29 is 22.3 Å². The Bertz CT molecular complexity index is 1000. The lowest BCUT2D eigenvalue weighted by molar-refractivity contribution is -0.123. The average Bonchev–Trinajstić information content (AvgIpc) is 3.22. The monoisotopic (exact) mass is 419 g/mol. The van der Waals surface area contributed by atoms with Gasteiger partial charge >= 0.3 is 0 Å². The van der Waals surface area contributed by atoms with Gasteiger partial charge < -0.3 is 10.1 Å². The molecule has 0 bridgehead atoms. The van der Waals surface area contributed by atoms with E-state index in [0.29, 0.717) is 10.6 Å². The van der Waals surface area contributed by atoms with Crippen molar-refractivity contribution in [2.75, 3.05) is 13.2 Å². The third-order valence-electron chi connectivity index (χ3n) is 3.98. The number of sulfone groups is 1. The standard InChI is InChI=1S/C20H18FNO4S2/c21-15-8-10-17(11-9-15)28(24,25)19(18-7-4-12-27-18)13-22-20(23)14-26-16-5-2-1-3-6-16/h1-12,19H,13-14H2,(H,22,23). The Labute approximate surface area is 166 Å². The summed E-state index contributed by atoms with van der Waals surface area (Å²) in [6.07, 6.45) is 0. The lowest BCUT2D eigenvalue weighted by atomic mass is 10.3. The fraction of sp³-hybridized carbons (Fsp3) is 0.150. The molecule has 0 fully saturated rings. The van der Waals surface area contributed by atoms with Gasteiger partial charge in [0.15, 0.2) is 16.4 Å². The van der Waals surface area contributed by atoms with Crippen molar-refractivity contribution in [2.24, 2.45) is 0 Å². The topological polar surface area (TPSA) is 72.5 Å². The van der Waals surface area contributed by atoms with Gasteiger partial charge in [-0.25, -0.2) is 12.8 Å². The van der Waals surface area contributed by atoms with Crippen molar-refractivity contribution in [1.29, 1.82) is 0 Å². The summed E-state index contributed by atoms with van der Waals surface area (Å²) in [7, 11) is -3.82. The maximum Gasteiger partial charge on any atom is 0.257 e. The summed E-state index contributed by atoms with van der Waals surface area (Å²) in [6.45, 7) is -0.338. The molecule has 0 spiro atoms. The molecule has 0 saturated carbocycles. The number of nitrogens with one attached hydrogen (secondary N) is 1. The summed E-state index contributed by atoms with van der Waals surface area (Å²) in [5.74, 6) is -0.399. The predicted octanol–water partition coefficient (Wildman–Crippen LogP) is 3.60. The van der Waals surface area contributed by atoms with E-state index in [2.05, 4.69) is 5.32 Å². The quantitative estimate of drug-likeness (QED) is 0.567. The van der Waals surface area contributed by atoms with Crippen molar-refractivity contribution >= 4 is 27.1 Å². The molecular weight excluding hydrogens is 401 g/mol. The second kappa shape index (κ2) is 8.99. The average molecular weight is 419 g/mol. The van der Waals surface area contributed by atoms with Crippen LogP contribution < -0.4 is 10.1 Å². The Hall–Kier alpha value is -2.71. The van der Waals surface area contributed by atoms with Crippen LogP contribution >= 0.6 is 11.3 Å². The smallest absolute Gasteiger partial charge is 0.257 e. The lowest BCUT2D eigenvalue weighted by Crippen LogP contribution is -2.34. The molecule has 1 unspecified atom stereocenters. The van der Waals surface area contributed by atoms with Crippen molar-refractivity contribution in [2.45, 2.75) is 10.1 Å². The van der Waals surface area contributed by atoms with Gasteiger partial charge in [0.2, 0.25) is 0 Å². The maximum atomic E-state index is 13.2. The number of thiophene rings is 1. The Morgan fingerprint density at radius 3 is 2.39 bits per heavy atom. The van der Waals surface area contributed by atoms with Crippen molar-refractivity contribution in [3.8, 4) is 5.75 Å². The third kappa shape index (κ3) is 4.96.